The molecule has 0 saturated carbocycles. The van der Waals surface area contributed by atoms with Crippen molar-refractivity contribution in [3.05, 3.63) is 0 Å². The van der Waals surface area contributed by atoms with Gasteiger partial charge in [0.15, 0.2) is 6.10 Å². The van der Waals surface area contributed by atoms with Crippen LogP contribution in [0.1, 0.15) is 20.8 Å². The van der Waals surface area contributed by atoms with Crippen molar-refractivity contribution >= 4 is 5.97 Å². The third-order valence-electron chi connectivity index (χ3n) is 0.677. The summed E-state index contributed by atoms with van der Waals surface area (Å²) >= 11 is 0. The summed E-state index contributed by atoms with van der Waals surface area (Å²) in [5.74, 6) is -0.657. The fourth-order valence-electron chi connectivity index (χ4n) is 0.339. The molecule has 0 rings (SSSR count). The van der Waals surface area contributed by atoms with Gasteiger partial charge in [-0.2, -0.15) is 0 Å². The highest BCUT2D eigenvalue weighted by Crippen LogP contribution is 1.93. The molecule has 0 bridgehead atoms. The van der Waals surface area contributed by atoms with Crippen molar-refractivity contribution < 1.29 is 18.3 Å². The lowest BCUT2D eigenvalue weighted by Crippen LogP contribution is -2.20. The van der Waals surface area contributed by atoms with Gasteiger partial charge in [-0.25, -0.2) is 8.78 Å². The Morgan fingerprint density at radius 3 is 1.82 bits per heavy atom. The zero-order valence-electron chi connectivity index (χ0n) is 7.06. The third kappa shape index (κ3) is 9.33. The highest BCUT2D eigenvalue weighted by molar-refractivity contribution is 5.66. The van der Waals surface area contributed by atoms with E-state index in [1.807, 2.05) is 13.8 Å². The largest absolute Gasteiger partial charge is 0.457 e. The van der Waals surface area contributed by atoms with Gasteiger partial charge in [0.1, 0.15) is 13.3 Å². The summed E-state index contributed by atoms with van der Waals surface area (Å²) in [6.45, 7) is 3.18. The molecule has 0 N–H and O–H groups in total. The molecule has 0 fully saturated rings. The molecule has 0 radical (unpaired) electrons. The van der Waals surface area contributed by atoms with E-state index in [0.29, 0.717) is 0 Å². The van der Waals surface area contributed by atoms with Gasteiger partial charge in [-0.1, -0.05) is 13.8 Å². The van der Waals surface area contributed by atoms with Crippen LogP contribution in [-0.2, 0) is 9.53 Å². The molecule has 0 spiro atoms. The second kappa shape index (κ2) is 9.33. The number of esters is 1. The molecule has 11 heavy (non-hydrogen) atoms. The molecule has 0 unspecified atom stereocenters. The molecule has 0 aliphatic carbocycles. The van der Waals surface area contributed by atoms with E-state index < -0.39 is 25.4 Å². The fraction of sp³-hybridized carbons (Fsp3) is 0.857. The lowest BCUT2D eigenvalue weighted by Gasteiger charge is -2.07. The molecule has 68 valence electrons. The number of hydrogen-bond donors (Lipinski definition) is 0. The number of carbonyl (C=O) groups is 1. The Morgan fingerprint density at radius 2 is 1.73 bits per heavy atom. The summed E-state index contributed by atoms with van der Waals surface area (Å²) in [5, 5.41) is 0. The van der Waals surface area contributed by atoms with E-state index >= 15 is 0 Å². The Balaban J connectivity index is 0. The first-order valence-electron chi connectivity index (χ1n) is 3.49. The normalized spacial score (nSPS) is 8.55. The van der Waals surface area contributed by atoms with E-state index in [4.69, 9.17) is 0 Å². The van der Waals surface area contributed by atoms with Crippen LogP contribution >= 0.6 is 0 Å². The smallest absolute Gasteiger partial charge is 0.303 e. The average Bonchev–Trinajstić information content (AvgIpc) is 2.03. The molecule has 0 aliphatic heterocycles. The number of rotatable bonds is 3. The summed E-state index contributed by atoms with van der Waals surface area (Å²) in [4.78, 5) is 10.0. The molecule has 0 aromatic rings. The van der Waals surface area contributed by atoms with E-state index in [-0.39, 0.29) is 0 Å². The van der Waals surface area contributed by atoms with Gasteiger partial charge in [0.2, 0.25) is 0 Å². The molecule has 0 heterocycles. The van der Waals surface area contributed by atoms with Crippen LogP contribution in [0.25, 0.3) is 0 Å². The molecular formula is C7H14F2O2. The zero-order chi connectivity index (χ0) is 9.28. The highest BCUT2D eigenvalue weighted by atomic mass is 19.1. The fourth-order valence-corrected chi connectivity index (χ4v) is 0.339. The van der Waals surface area contributed by atoms with Gasteiger partial charge in [0.25, 0.3) is 0 Å². The zero-order valence-corrected chi connectivity index (χ0v) is 7.06. The topological polar surface area (TPSA) is 26.3 Å². The Bertz CT molecular complexity index is 92.4. The lowest BCUT2D eigenvalue weighted by molar-refractivity contribution is -0.147. The third-order valence-corrected chi connectivity index (χ3v) is 0.677. The molecular weight excluding hydrogens is 154 g/mol. The molecule has 0 atom stereocenters. The molecule has 0 aromatic heterocycles. The number of carbonyl (C=O) groups excluding carboxylic acids is 1. The average molecular weight is 168 g/mol. The first-order valence-corrected chi connectivity index (χ1v) is 3.49. The van der Waals surface area contributed by atoms with Crippen LogP contribution in [0.15, 0.2) is 0 Å². The van der Waals surface area contributed by atoms with Crippen LogP contribution in [0.4, 0.5) is 8.78 Å². The molecule has 4 heteroatoms. The second-order valence-corrected chi connectivity index (χ2v) is 1.54. The van der Waals surface area contributed by atoms with Crippen LogP contribution in [-0.4, -0.2) is 25.4 Å². The van der Waals surface area contributed by atoms with Gasteiger partial charge >= 0.3 is 5.97 Å². The maximum absolute atomic E-state index is 11.5. The Morgan fingerprint density at radius 1 is 1.36 bits per heavy atom. The monoisotopic (exact) mass is 168 g/mol. The molecule has 2 nitrogen and oxygen atoms in total. The standard InChI is InChI=1S/C5H8F2O2.C2H6/c1-4(8)9-5(2-6)3-7;1-2/h5H,2-3H2,1H3;1-2H3. The van der Waals surface area contributed by atoms with Crippen LogP contribution < -0.4 is 0 Å². The predicted octanol–water partition coefficient (Wildman–Crippen LogP) is 1.88. The van der Waals surface area contributed by atoms with Crippen molar-refractivity contribution in [2.45, 2.75) is 26.9 Å². The summed E-state index contributed by atoms with van der Waals surface area (Å²) in [5.41, 5.74) is 0. The Labute approximate surface area is 65.5 Å². The van der Waals surface area contributed by atoms with Crippen LogP contribution in [0.2, 0.25) is 0 Å². The minimum atomic E-state index is -1.21. The molecule has 0 amide bonds. The first kappa shape index (κ1) is 13.0. The van der Waals surface area contributed by atoms with Crippen LogP contribution in [0, 0.1) is 0 Å². The minimum absolute atomic E-state index is 0.657. The van der Waals surface area contributed by atoms with Crippen molar-refractivity contribution in [1.82, 2.24) is 0 Å². The van der Waals surface area contributed by atoms with Gasteiger partial charge in [-0.3, -0.25) is 4.79 Å². The molecule has 0 saturated heterocycles. The van der Waals surface area contributed by atoms with E-state index in [1.54, 1.807) is 0 Å². The van der Waals surface area contributed by atoms with Crippen molar-refractivity contribution in [2.75, 3.05) is 13.3 Å². The van der Waals surface area contributed by atoms with Crippen molar-refractivity contribution in [3.63, 3.8) is 0 Å². The van der Waals surface area contributed by atoms with Crippen molar-refractivity contribution in [2.24, 2.45) is 0 Å². The van der Waals surface area contributed by atoms with Crippen LogP contribution in [0.5, 0.6) is 0 Å². The van der Waals surface area contributed by atoms with Gasteiger partial charge in [0.05, 0.1) is 0 Å². The molecule has 0 aromatic carbocycles. The predicted molar refractivity (Wildman–Crippen MR) is 38.9 cm³/mol. The van der Waals surface area contributed by atoms with Gasteiger partial charge < -0.3 is 4.74 Å². The molecule has 0 aliphatic rings. The van der Waals surface area contributed by atoms with E-state index in [0.717, 1.165) is 6.92 Å². The number of halogens is 2. The summed E-state index contributed by atoms with van der Waals surface area (Å²) < 4.78 is 27.2. The maximum atomic E-state index is 11.5. The SMILES string of the molecule is CC.CC(=O)OC(CF)CF. The summed E-state index contributed by atoms with van der Waals surface area (Å²) in [6, 6.07) is 0. The maximum Gasteiger partial charge on any atom is 0.303 e. The Hall–Kier alpha value is -0.670. The first-order chi connectivity index (χ1) is 5.20. The van der Waals surface area contributed by atoms with E-state index in [2.05, 4.69) is 4.74 Å². The summed E-state index contributed by atoms with van der Waals surface area (Å²) in [6.07, 6.45) is -1.21. The number of hydrogen-bond acceptors (Lipinski definition) is 2. The number of alkyl halides is 2. The van der Waals surface area contributed by atoms with Gasteiger partial charge in [-0.05, 0) is 0 Å². The van der Waals surface area contributed by atoms with Gasteiger partial charge in [0, 0.05) is 6.92 Å². The van der Waals surface area contributed by atoms with Crippen LogP contribution in [0.3, 0.4) is 0 Å². The van der Waals surface area contributed by atoms with E-state index in [9.17, 15) is 13.6 Å². The lowest BCUT2D eigenvalue weighted by atomic mass is 10.4. The van der Waals surface area contributed by atoms with Gasteiger partial charge in [-0.15, -0.1) is 0 Å². The summed E-state index contributed by atoms with van der Waals surface area (Å²) in [7, 11) is 0. The number of ether oxygens (including phenoxy) is 1. The van der Waals surface area contributed by atoms with E-state index in [1.165, 1.54) is 0 Å². The van der Waals surface area contributed by atoms with Crippen molar-refractivity contribution in [1.29, 1.82) is 0 Å². The second-order valence-electron chi connectivity index (χ2n) is 1.54. The van der Waals surface area contributed by atoms with Crippen molar-refractivity contribution in [3.8, 4) is 0 Å². The highest BCUT2D eigenvalue weighted by Gasteiger charge is 2.09. The minimum Gasteiger partial charge on any atom is -0.457 e. The quantitative estimate of drug-likeness (QED) is 0.601. The Kier molecular flexibility index (Phi) is 11.0.